The molecule has 0 aliphatic rings. The van der Waals surface area contributed by atoms with Crippen LogP contribution in [-0.4, -0.2) is 13.9 Å². The number of hydrogen-bond donors (Lipinski definition) is 0. The summed E-state index contributed by atoms with van der Waals surface area (Å²) < 4.78 is 43.9. The molecule has 2 rings (SSSR count). The Morgan fingerprint density at radius 3 is 2.35 bits per heavy atom. The number of rotatable bonds is 4. The van der Waals surface area contributed by atoms with E-state index in [1.54, 1.807) is 12.1 Å². The average molecular weight is 313 g/mol. The van der Waals surface area contributed by atoms with E-state index in [0.717, 1.165) is 23.3 Å². The monoisotopic (exact) mass is 313 g/mol. The first kappa shape index (κ1) is 16.7. The fraction of sp³-hybridized carbons (Fsp3) is 0.176. The molecule has 0 saturated carbocycles. The Labute approximate surface area is 132 Å². The molecule has 0 aromatic heterocycles. The van der Waals surface area contributed by atoms with Crippen LogP contribution in [0.25, 0.3) is 0 Å². The van der Waals surface area contributed by atoms with Gasteiger partial charge in [-0.3, -0.25) is 0 Å². The Morgan fingerprint density at radius 2 is 1.78 bits per heavy atom. The first-order valence-corrected chi connectivity index (χ1v) is 6.73. The van der Waals surface area contributed by atoms with Crippen molar-refractivity contribution in [2.75, 3.05) is 6.61 Å². The summed E-state index contributed by atoms with van der Waals surface area (Å²) in [5, 5.41) is 8.74. The van der Waals surface area contributed by atoms with E-state index >= 15 is 0 Å². The topological polar surface area (TPSA) is 33.0 Å². The molecule has 2 nitrogen and oxygen atoms in total. The summed E-state index contributed by atoms with van der Waals surface area (Å²) >= 11 is 0. The van der Waals surface area contributed by atoms with Crippen molar-refractivity contribution in [1.29, 1.82) is 5.26 Å². The van der Waals surface area contributed by atoms with Gasteiger partial charge in [0, 0.05) is 0 Å². The van der Waals surface area contributed by atoms with Gasteiger partial charge in [0.2, 0.25) is 0 Å². The summed E-state index contributed by atoms with van der Waals surface area (Å²) in [6, 6.07) is 12.1. The van der Waals surface area contributed by atoms with Crippen LogP contribution in [0.3, 0.4) is 0 Å². The van der Waals surface area contributed by atoms with Crippen molar-refractivity contribution in [3.63, 3.8) is 0 Å². The van der Waals surface area contributed by atoms with Gasteiger partial charge in [-0.1, -0.05) is 0 Å². The van der Waals surface area contributed by atoms with Crippen LogP contribution >= 0.6 is 0 Å². The normalized spacial score (nSPS) is 10.8. The van der Waals surface area contributed by atoms with Gasteiger partial charge in [0.25, 0.3) is 0 Å². The molecule has 0 bridgehead atoms. The summed E-state index contributed by atoms with van der Waals surface area (Å²) in [6.45, 7) is 0.221. The van der Waals surface area contributed by atoms with Gasteiger partial charge in [0.1, 0.15) is 0 Å². The molecule has 0 N–H and O–H groups in total. The predicted octanol–water partition coefficient (Wildman–Crippen LogP) is 3.67. The zero-order chi connectivity index (χ0) is 16.9. The number of alkyl halides is 3. The number of halogens is 3. The molecule has 23 heavy (non-hydrogen) atoms. The fourth-order valence-electron chi connectivity index (χ4n) is 2.00. The zero-order valence-corrected chi connectivity index (χ0v) is 12.0. The van der Waals surface area contributed by atoms with Crippen molar-refractivity contribution in [3.05, 3.63) is 64.7 Å². The molecule has 0 fully saturated rings. The van der Waals surface area contributed by atoms with Crippen LogP contribution in [0.4, 0.5) is 13.2 Å². The van der Waals surface area contributed by atoms with Crippen LogP contribution in [0.15, 0.2) is 42.5 Å². The number of benzene rings is 2. The zero-order valence-electron chi connectivity index (χ0n) is 12.0. The van der Waals surface area contributed by atoms with Gasteiger partial charge in [-0.2, -0.15) is 18.4 Å². The van der Waals surface area contributed by atoms with E-state index in [9.17, 15) is 13.2 Å². The molecule has 0 unspecified atom stereocenters. The Balaban J connectivity index is 2.03. The number of nitrogens with zero attached hydrogens (tertiary/aromatic N) is 1. The van der Waals surface area contributed by atoms with Crippen LogP contribution in [0.2, 0.25) is 0 Å². The van der Waals surface area contributed by atoms with E-state index in [2.05, 4.69) is 5.80 Å². The molecule has 2 aromatic carbocycles. The molecular formula is C17H11BF3NO. The van der Waals surface area contributed by atoms with Crippen molar-refractivity contribution in [2.24, 2.45) is 0 Å². The Bertz CT molecular complexity index is 770. The fourth-order valence-corrected chi connectivity index (χ4v) is 2.00. The third-order valence-electron chi connectivity index (χ3n) is 3.20. The molecular weight excluding hydrogens is 302 g/mol. The molecule has 0 amide bonds. The Kier molecular flexibility index (Phi) is 5.15. The van der Waals surface area contributed by atoms with Crippen LogP contribution in [0, 0.1) is 17.1 Å². The second kappa shape index (κ2) is 7.08. The third-order valence-corrected chi connectivity index (χ3v) is 3.20. The summed E-state index contributed by atoms with van der Waals surface area (Å²) in [7, 11) is 5.26. The van der Waals surface area contributed by atoms with Gasteiger partial charge in [-0.05, 0) is 0 Å². The van der Waals surface area contributed by atoms with Gasteiger partial charge in [-0.15, -0.1) is 0 Å². The Morgan fingerprint density at radius 1 is 1.09 bits per heavy atom. The van der Waals surface area contributed by atoms with Gasteiger partial charge in [-0.25, -0.2) is 0 Å². The molecule has 0 atom stereocenters. The average Bonchev–Trinajstić information content (AvgIpc) is 2.54. The number of hydrogen-bond acceptors (Lipinski definition) is 2. The maximum absolute atomic E-state index is 12.9. The van der Waals surface area contributed by atoms with E-state index in [1.807, 2.05) is 12.1 Å². The van der Waals surface area contributed by atoms with Crippen LogP contribution in [-0.2, 0) is 12.6 Å². The SMILES string of the molecule is B#Cc1ccc(CCOc2ccc(C#N)c(C(F)(F)F)c2)cc1. The number of ether oxygens (including phenoxy) is 1. The molecule has 2 aromatic rings. The Hall–Kier alpha value is -2.64. The van der Waals surface area contributed by atoms with Gasteiger partial charge in [0.15, 0.2) is 0 Å². The molecule has 6 heteroatoms. The molecule has 0 saturated heterocycles. The van der Waals surface area contributed by atoms with Crippen LogP contribution < -0.4 is 4.74 Å². The minimum atomic E-state index is -4.59. The van der Waals surface area contributed by atoms with Crippen molar-refractivity contribution >= 4 is 7.33 Å². The summed E-state index contributed by atoms with van der Waals surface area (Å²) in [6.07, 6.45) is -4.05. The van der Waals surface area contributed by atoms with Gasteiger partial charge in [0.05, 0.1) is 6.07 Å². The van der Waals surface area contributed by atoms with Crippen molar-refractivity contribution in [3.8, 4) is 17.6 Å². The first-order valence-electron chi connectivity index (χ1n) is 6.73. The summed E-state index contributed by atoms with van der Waals surface area (Å²) in [4.78, 5) is 0. The van der Waals surface area contributed by atoms with E-state index in [4.69, 9.17) is 17.3 Å². The van der Waals surface area contributed by atoms with Crippen molar-refractivity contribution < 1.29 is 17.9 Å². The molecule has 114 valence electrons. The molecule has 0 aliphatic carbocycles. The minimum absolute atomic E-state index is 0.0802. The van der Waals surface area contributed by atoms with Gasteiger partial charge >= 0.3 is 108 Å². The molecule has 0 aliphatic heterocycles. The molecule has 0 radical (unpaired) electrons. The van der Waals surface area contributed by atoms with E-state index in [-0.39, 0.29) is 12.4 Å². The predicted molar refractivity (Wildman–Crippen MR) is 80.5 cm³/mol. The molecule has 0 spiro atoms. The summed E-state index contributed by atoms with van der Waals surface area (Å²) in [5.74, 6) is 2.58. The van der Waals surface area contributed by atoms with E-state index in [0.29, 0.717) is 6.42 Å². The second-order valence-electron chi connectivity index (χ2n) is 4.76. The van der Waals surface area contributed by atoms with Crippen LogP contribution in [0.5, 0.6) is 5.75 Å². The first-order chi connectivity index (χ1) is 10.9. The maximum atomic E-state index is 12.9. The van der Waals surface area contributed by atoms with E-state index < -0.39 is 17.3 Å². The second-order valence-corrected chi connectivity index (χ2v) is 4.76. The van der Waals surface area contributed by atoms with Gasteiger partial charge < -0.3 is 0 Å². The van der Waals surface area contributed by atoms with Crippen molar-refractivity contribution in [1.82, 2.24) is 0 Å². The van der Waals surface area contributed by atoms with Crippen molar-refractivity contribution in [2.45, 2.75) is 12.6 Å². The third kappa shape index (κ3) is 4.42. The standard InChI is InChI=1S/C17H11BF3NO/c18-10-13-3-1-12(2-4-13)7-8-23-15-6-5-14(11-22)16(9-15)17(19,20)21/h1-6,9H,7-8H2. The quantitative estimate of drug-likeness (QED) is 0.807. The number of nitriles is 1. The molecule has 0 heterocycles. The van der Waals surface area contributed by atoms with E-state index in [1.165, 1.54) is 12.1 Å². The summed E-state index contributed by atoms with van der Waals surface area (Å²) in [5.41, 5.74) is 0.316. The van der Waals surface area contributed by atoms with Crippen LogP contribution in [0.1, 0.15) is 22.3 Å².